The highest BCUT2D eigenvalue weighted by Gasteiger charge is 2.12. The summed E-state index contributed by atoms with van der Waals surface area (Å²) in [6.07, 6.45) is 0. The van der Waals surface area contributed by atoms with Gasteiger partial charge in [0.1, 0.15) is 12.4 Å². The Morgan fingerprint density at radius 1 is 1.00 bits per heavy atom. The predicted octanol–water partition coefficient (Wildman–Crippen LogP) is 2.88. The van der Waals surface area contributed by atoms with Gasteiger partial charge < -0.3 is 20.1 Å². The second kappa shape index (κ2) is 13.4. The van der Waals surface area contributed by atoms with Crippen LogP contribution in [0, 0.1) is 0 Å². The number of aliphatic imine (C=N–C) groups is 1. The highest BCUT2D eigenvalue weighted by molar-refractivity contribution is 14.0. The van der Waals surface area contributed by atoms with Crippen LogP contribution in [0.5, 0.6) is 5.75 Å². The van der Waals surface area contributed by atoms with Crippen molar-refractivity contribution in [3.8, 4) is 5.75 Å². The van der Waals surface area contributed by atoms with Crippen molar-refractivity contribution >= 4 is 29.9 Å². The van der Waals surface area contributed by atoms with Gasteiger partial charge in [0, 0.05) is 33.2 Å². The number of morpholine rings is 1. The van der Waals surface area contributed by atoms with Crippen LogP contribution in [-0.2, 0) is 17.8 Å². The zero-order chi connectivity index (χ0) is 19.4. The number of nitrogens with zero attached hydrogens (tertiary/aromatic N) is 2. The Hall–Kier alpha value is -1.84. The molecule has 0 spiro atoms. The Morgan fingerprint density at radius 2 is 1.69 bits per heavy atom. The first-order chi connectivity index (χ1) is 13.8. The fourth-order valence-corrected chi connectivity index (χ4v) is 3.14. The molecule has 0 bridgehead atoms. The van der Waals surface area contributed by atoms with E-state index in [1.54, 1.807) is 7.05 Å². The Balaban J connectivity index is 0.00000300. The number of ether oxygens (including phenoxy) is 2. The lowest BCUT2D eigenvalue weighted by molar-refractivity contribution is 0.0341. The number of hydrogen-bond acceptors (Lipinski definition) is 4. The summed E-state index contributed by atoms with van der Waals surface area (Å²) >= 11 is 0. The van der Waals surface area contributed by atoms with Gasteiger partial charge in [-0.25, -0.2) is 0 Å². The van der Waals surface area contributed by atoms with E-state index in [0.29, 0.717) is 13.2 Å². The van der Waals surface area contributed by atoms with Crippen molar-refractivity contribution in [3.63, 3.8) is 0 Å². The molecule has 0 aliphatic carbocycles. The number of nitrogens with one attached hydrogen (secondary N) is 2. The largest absolute Gasteiger partial charge is 0.492 e. The Kier molecular flexibility index (Phi) is 10.8. The third-order valence-electron chi connectivity index (χ3n) is 4.69. The summed E-state index contributed by atoms with van der Waals surface area (Å²) in [5.41, 5.74) is 2.64. The summed E-state index contributed by atoms with van der Waals surface area (Å²) in [5, 5.41) is 6.70. The number of para-hydroxylation sites is 1. The van der Waals surface area contributed by atoms with Gasteiger partial charge in [0.2, 0.25) is 0 Å². The minimum absolute atomic E-state index is 0. The first kappa shape index (κ1) is 23.4. The van der Waals surface area contributed by atoms with Crippen LogP contribution in [-0.4, -0.2) is 57.4 Å². The van der Waals surface area contributed by atoms with E-state index in [4.69, 9.17) is 9.47 Å². The molecule has 1 fully saturated rings. The van der Waals surface area contributed by atoms with Crippen molar-refractivity contribution in [2.24, 2.45) is 4.99 Å². The van der Waals surface area contributed by atoms with Crippen molar-refractivity contribution in [2.75, 3.05) is 46.5 Å². The molecule has 158 valence electrons. The molecule has 1 aliphatic rings. The van der Waals surface area contributed by atoms with E-state index in [1.165, 1.54) is 11.1 Å². The summed E-state index contributed by atoms with van der Waals surface area (Å²) in [7, 11) is 1.78. The molecule has 0 amide bonds. The Morgan fingerprint density at radius 3 is 2.41 bits per heavy atom. The maximum Gasteiger partial charge on any atom is 0.191 e. The molecule has 0 aromatic heterocycles. The van der Waals surface area contributed by atoms with Gasteiger partial charge in [0.25, 0.3) is 0 Å². The first-order valence-corrected chi connectivity index (χ1v) is 9.84. The summed E-state index contributed by atoms with van der Waals surface area (Å²) in [6, 6.07) is 18.4. The maximum atomic E-state index is 5.71. The zero-order valence-electron chi connectivity index (χ0n) is 17.0. The number of halogens is 1. The molecule has 1 heterocycles. The standard InChI is InChI=1S/C22H30N4O2.HI/c1-23-22(24-11-14-28-21-9-3-2-4-10-21)25-17-19-7-5-6-8-20(19)18-26-12-15-27-16-13-26;/h2-10H,11-18H2,1H3,(H2,23,24,25);1H. The molecular weight excluding hydrogens is 479 g/mol. The molecule has 0 radical (unpaired) electrons. The molecule has 29 heavy (non-hydrogen) atoms. The molecule has 7 heteroatoms. The van der Waals surface area contributed by atoms with Gasteiger partial charge in [0.05, 0.1) is 19.8 Å². The maximum absolute atomic E-state index is 5.71. The fraction of sp³-hybridized carbons (Fsp3) is 0.409. The fourth-order valence-electron chi connectivity index (χ4n) is 3.14. The topological polar surface area (TPSA) is 58.1 Å². The lowest BCUT2D eigenvalue weighted by Gasteiger charge is -2.27. The van der Waals surface area contributed by atoms with E-state index in [-0.39, 0.29) is 24.0 Å². The first-order valence-electron chi connectivity index (χ1n) is 9.84. The van der Waals surface area contributed by atoms with Gasteiger partial charge in [-0.05, 0) is 23.3 Å². The zero-order valence-corrected chi connectivity index (χ0v) is 19.3. The molecular formula is C22H31IN4O2. The van der Waals surface area contributed by atoms with Gasteiger partial charge >= 0.3 is 0 Å². The van der Waals surface area contributed by atoms with Crippen LogP contribution in [0.4, 0.5) is 0 Å². The highest BCUT2D eigenvalue weighted by atomic mass is 127. The van der Waals surface area contributed by atoms with Crippen molar-refractivity contribution in [3.05, 3.63) is 65.7 Å². The SMILES string of the molecule is CN=C(NCCOc1ccccc1)NCc1ccccc1CN1CCOCC1.I. The van der Waals surface area contributed by atoms with Crippen LogP contribution >= 0.6 is 24.0 Å². The quantitative estimate of drug-likeness (QED) is 0.248. The molecule has 1 saturated heterocycles. The molecule has 3 rings (SSSR count). The molecule has 0 atom stereocenters. The van der Waals surface area contributed by atoms with Gasteiger partial charge in [-0.15, -0.1) is 24.0 Å². The van der Waals surface area contributed by atoms with Crippen LogP contribution in [0.15, 0.2) is 59.6 Å². The number of guanidine groups is 1. The number of benzene rings is 2. The third-order valence-corrected chi connectivity index (χ3v) is 4.69. The lowest BCUT2D eigenvalue weighted by atomic mass is 10.1. The highest BCUT2D eigenvalue weighted by Crippen LogP contribution is 2.13. The van der Waals surface area contributed by atoms with Gasteiger partial charge in [-0.3, -0.25) is 9.89 Å². The summed E-state index contributed by atoms with van der Waals surface area (Å²) < 4.78 is 11.2. The van der Waals surface area contributed by atoms with Crippen molar-refractivity contribution in [1.29, 1.82) is 0 Å². The van der Waals surface area contributed by atoms with Gasteiger partial charge in [0.15, 0.2) is 5.96 Å². The second-order valence-electron chi connectivity index (χ2n) is 6.67. The summed E-state index contributed by atoms with van der Waals surface area (Å²) in [4.78, 5) is 6.75. The van der Waals surface area contributed by atoms with E-state index in [9.17, 15) is 0 Å². The van der Waals surface area contributed by atoms with E-state index in [0.717, 1.165) is 51.1 Å². The van der Waals surface area contributed by atoms with E-state index >= 15 is 0 Å². The Labute approximate surface area is 190 Å². The second-order valence-corrected chi connectivity index (χ2v) is 6.67. The van der Waals surface area contributed by atoms with Crippen molar-refractivity contribution < 1.29 is 9.47 Å². The molecule has 1 aliphatic heterocycles. The van der Waals surface area contributed by atoms with Crippen LogP contribution in [0.1, 0.15) is 11.1 Å². The van der Waals surface area contributed by atoms with Crippen LogP contribution in [0.3, 0.4) is 0 Å². The average Bonchev–Trinajstić information content (AvgIpc) is 2.76. The van der Waals surface area contributed by atoms with E-state index in [2.05, 4.69) is 44.8 Å². The smallest absolute Gasteiger partial charge is 0.191 e. The summed E-state index contributed by atoms with van der Waals surface area (Å²) in [6.45, 7) is 6.59. The molecule has 0 unspecified atom stereocenters. The normalized spacial score (nSPS) is 14.7. The molecule has 0 saturated carbocycles. The minimum Gasteiger partial charge on any atom is -0.492 e. The Bertz CT molecular complexity index is 737. The number of hydrogen-bond donors (Lipinski definition) is 2. The average molecular weight is 510 g/mol. The third kappa shape index (κ3) is 8.20. The van der Waals surface area contributed by atoms with Gasteiger partial charge in [-0.2, -0.15) is 0 Å². The van der Waals surface area contributed by atoms with Crippen molar-refractivity contribution in [2.45, 2.75) is 13.1 Å². The van der Waals surface area contributed by atoms with Crippen LogP contribution in [0.25, 0.3) is 0 Å². The molecule has 2 N–H and O–H groups in total. The van der Waals surface area contributed by atoms with E-state index < -0.39 is 0 Å². The van der Waals surface area contributed by atoms with Crippen LogP contribution < -0.4 is 15.4 Å². The minimum atomic E-state index is 0. The molecule has 6 nitrogen and oxygen atoms in total. The molecule has 2 aromatic rings. The van der Waals surface area contributed by atoms with E-state index in [1.807, 2.05) is 30.3 Å². The lowest BCUT2D eigenvalue weighted by Crippen LogP contribution is -2.39. The monoisotopic (exact) mass is 510 g/mol. The van der Waals surface area contributed by atoms with Crippen molar-refractivity contribution in [1.82, 2.24) is 15.5 Å². The number of rotatable bonds is 8. The molecule has 2 aromatic carbocycles. The predicted molar refractivity (Wildman–Crippen MR) is 128 cm³/mol. The summed E-state index contributed by atoms with van der Waals surface area (Å²) in [5.74, 6) is 1.65. The van der Waals surface area contributed by atoms with Crippen LogP contribution in [0.2, 0.25) is 0 Å². The van der Waals surface area contributed by atoms with Gasteiger partial charge in [-0.1, -0.05) is 42.5 Å².